The van der Waals surface area contributed by atoms with Gasteiger partial charge in [0.15, 0.2) is 16.6 Å². The van der Waals surface area contributed by atoms with Gasteiger partial charge in [0.25, 0.3) is 15.9 Å². The van der Waals surface area contributed by atoms with Crippen LogP contribution in [0.15, 0.2) is 47.4 Å². The summed E-state index contributed by atoms with van der Waals surface area (Å²) in [6.45, 7) is 2.56. The highest BCUT2D eigenvalue weighted by Crippen LogP contribution is 2.33. The zero-order chi connectivity index (χ0) is 22.0. The first-order chi connectivity index (χ1) is 14.9. The van der Waals surface area contributed by atoms with Gasteiger partial charge in [-0.3, -0.25) is 9.52 Å². The summed E-state index contributed by atoms with van der Waals surface area (Å²) in [4.78, 5) is 17.3. The van der Waals surface area contributed by atoms with Gasteiger partial charge in [-0.05, 0) is 43.3 Å². The molecule has 0 atom stereocenters. The summed E-state index contributed by atoms with van der Waals surface area (Å²) in [6, 6.07) is 11.1. The van der Waals surface area contributed by atoms with Crippen molar-refractivity contribution in [3.63, 3.8) is 0 Å². The van der Waals surface area contributed by atoms with Gasteiger partial charge in [0, 0.05) is 11.8 Å². The molecule has 0 spiro atoms. The Morgan fingerprint density at radius 3 is 2.52 bits per heavy atom. The van der Waals surface area contributed by atoms with Gasteiger partial charge in [-0.1, -0.05) is 11.3 Å². The number of benzene rings is 2. The van der Waals surface area contributed by atoms with E-state index in [1.165, 1.54) is 19.2 Å². The number of aryl methyl sites for hydroxylation is 1. The zero-order valence-electron chi connectivity index (χ0n) is 16.7. The lowest BCUT2D eigenvalue weighted by molar-refractivity contribution is 0.102. The molecule has 1 aromatic heterocycles. The number of methoxy groups -OCH3 is 1. The van der Waals surface area contributed by atoms with E-state index in [0.717, 1.165) is 11.3 Å². The third-order valence-corrected chi connectivity index (χ3v) is 6.95. The second kappa shape index (κ2) is 8.44. The van der Waals surface area contributed by atoms with Crippen LogP contribution in [-0.4, -0.2) is 39.6 Å². The van der Waals surface area contributed by atoms with E-state index >= 15 is 0 Å². The molecule has 31 heavy (non-hydrogen) atoms. The average molecular weight is 462 g/mol. The van der Waals surface area contributed by atoms with Crippen LogP contribution in [0.3, 0.4) is 0 Å². The van der Waals surface area contributed by atoms with Crippen LogP contribution in [0.5, 0.6) is 17.2 Å². The van der Waals surface area contributed by atoms with Crippen molar-refractivity contribution >= 4 is 38.1 Å². The maximum absolute atomic E-state index is 12.7. The van der Waals surface area contributed by atoms with E-state index in [1.54, 1.807) is 37.3 Å². The summed E-state index contributed by atoms with van der Waals surface area (Å²) in [6.07, 6.45) is 0. The first-order valence-corrected chi connectivity index (χ1v) is 11.5. The molecule has 1 aliphatic heterocycles. The Morgan fingerprint density at radius 2 is 1.81 bits per heavy atom. The molecule has 0 aliphatic carbocycles. The predicted molar refractivity (Wildman–Crippen MR) is 116 cm³/mol. The Hall–Kier alpha value is -3.31. The van der Waals surface area contributed by atoms with Crippen LogP contribution < -0.4 is 24.2 Å². The molecule has 0 unspecified atom stereocenters. The van der Waals surface area contributed by atoms with Crippen molar-refractivity contribution in [2.75, 3.05) is 30.4 Å². The van der Waals surface area contributed by atoms with Crippen molar-refractivity contribution in [3.8, 4) is 17.2 Å². The molecule has 0 bridgehead atoms. The highest BCUT2D eigenvalue weighted by atomic mass is 32.2. The number of rotatable bonds is 6. The number of fused-ring (bicyclic) bond motifs is 1. The third kappa shape index (κ3) is 4.57. The van der Waals surface area contributed by atoms with Crippen LogP contribution >= 0.6 is 11.3 Å². The van der Waals surface area contributed by atoms with Gasteiger partial charge >= 0.3 is 0 Å². The number of thiazole rings is 1. The van der Waals surface area contributed by atoms with Crippen LogP contribution in [0, 0.1) is 6.92 Å². The Balaban J connectivity index is 1.49. The fraction of sp³-hybridized carbons (Fsp3) is 0.200. The molecular weight excluding hydrogens is 442 g/mol. The Labute approximate surface area is 183 Å². The summed E-state index contributed by atoms with van der Waals surface area (Å²) in [5.41, 5.74) is 0.940. The van der Waals surface area contributed by atoms with Gasteiger partial charge in [0.1, 0.15) is 23.8 Å². The fourth-order valence-electron chi connectivity index (χ4n) is 2.89. The Bertz CT molecular complexity index is 1220. The number of nitrogens with one attached hydrogen (secondary N) is 2. The molecule has 2 N–H and O–H groups in total. The summed E-state index contributed by atoms with van der Waals surface area (Å²) >= 11 is 0.951. The molecule has 162 valence electrons. The highest BCUT2D eigenvalue weighted by molar-refractivity contribution is 7.93. The molecule has 9 nitrogen and oxygen atoms in total. The van der Waals surface area contributed by atoms with E-state index in [-0.39, 0.29) is 10.0 Å². The van der Waals surface area contributed by atoms with Crippen LogP contribution in [0.1, 0.15) is 15.4 Å². The van der Waals surface area contributed by atoms with E-state index in [0.29, 0.717) is 46.7 Å². The smallest absolute Gasteiger partial charge is 0.267 e. The monoisotopic (exact) mass is 461 g/mol. The topological polar surface area (TPSA) is 116 Å². The van der Waals surface area contributed by atoms with E-state index in [4.69, 9.17) is 14.2 Å². The predicted octanol–water partition coefficient (Wildman–Crippen LogP) is 3.28. The lowest BCUT2D eigenvalue weighted by Gasteiger charge is -2.18. The van der Waals surface area contributed by atoms with Crippen LogP contribution in [0.2, 0.25) is 0 Å². The molecular formula is C20H19N3O6S2. The number of hydrogen-bond acceptors (Lipinski definition) is 8. The minimum absolute atomic E-state index is 0.0587. The van der Waals surface area contributed by atoms with Crippen LogP contribution in [-0.2, 0) is 10.0 Å². The van der Waals surface area contributed by atoms with E-state index < -0.39 is 15.9 Å². The number of hydrogen-bond donors (Lipinski definition) is 2. The molecule has 0 fully saturated rings. The SMILES string of the molecule is COc1ccc(S(=O)(=O)Nc2nc(C)c(C(=O)Nc3ccc4c(c3)OCCO4)s2)cc1. The van der Waals surface area contributed by atoms with E-state index in [9.17, 15) is 13.2 Å². The van der Waals surface area contributed by atoms with Crippen molar-refractivity contribution in [3.05, 3.63) is 53.0 Å². The lowest BCUT2D eigenvalue weighted by Crippen LogP contribution is -2.16. The minimum Gasteiger partial charge on any atom is -0.497 e. The lowest BCUT2D eigenvalue weighted by atomic mass is 10.2. The van der Waals surface area contributed by atoms with Crippen LogP contribution in [0.4, 0.5) is 10.8 Å². The average Bonchev–Trinajstić information content (AvgIpc) is 3.13. The number of anilines is 2. The number of carbonyl (C=O) groups is 1. The van der Waals surface area contributed by atoms with Gasteiger partial charge in [-0.2, -0.15) is 0 Å². The molecule has 2 heterocycles. The number of ether oxygens (including phenoxy) is 3. The molecule has 0 saturated heterocycles. The van der Waals surface area contributed by atoms with Gasteiger partial charge < -0.3 is 19.5 Å². The third-order valence-electron chi connectivity index (χ3n) is 4.39. The standard InChI is InChI=1S/C20H19N3O6S2/c1-12-18(19(24)22-13-3-8-16-17(11-13)29-10-9-28-16)30-20(21-12)23-31(25,26)15-6-4-14(27-2)5-7-15/h3-8,11H,9-10H2,1-2H3,(H,21,23)(H,22,24). The molecule has 1 aliphatic rings. The first kappa shape index (κ1) is 20.9. The van der Waals surface area contributed by atoms with Gasteiger partial charge in [-0.25, -0.2) is 13.4 Å². The number of aromatic nitrogens is 1. The molecule has 3 aromatic rings. The normalized spacial score (nSPS) is 12.8. The number of sulfonamides is 1. The fourth-order valence-corrected chi connectivity index (χ4v) is 4.99. The molecule has 11 heteroatoms. The molecule has 0 radical (unpaired) electrons. The summed E-state index contributed by atoms with van der Waals surface area (Å²) in [5, 5.41) is 2.87. The second-order valence-electron chi connectivity index (χ2n) is 6.53. The zero-order valence-corrected chi connectivity index (χ0v) is 18.3. The van der Waals surface area contributed by atoms with Gasteiger partial charge in [0.2, 0.25) is 0 Å². The summed E-state index contributed by atoms with van der Waals surface area (Å²) < 4.78 is 43.7. The Kier molecular flexibility index (Phi) is 5.70. The van der Waals surface area contributed by atoms with Crippen molar-refractivity contribution < 1.29 is 27.4 Å². The van der Waals surface area contributed by atoms with Crippen molar-refractivity contribution in [2.45, 2.75) is 11.8 Å². The molecule has 4 rings (SSSR count). The van der Waals surface area contributed by atoms with Crippen molar-refractivity contribution in [2.24, 2.45) is 0 Å². The summed E-state index contributed by atoms with van der Waals surface area (Å²) in [7, 11) is -2.36. The number of amides is 1. The van der Waals surface area contributed by atoms with E-state index in [1.807, 2.05) is 0 Å². The Morgan fingerprint density at radius 1 is 1.10 bits per heavy atom. The van der Waals surface area contributed by atoms with Crippen molar-refractivity contribution in [1.29, 1.82) is 0 Å². The molecule has 0 saturated carbocycles. The van der Waals surface area contributed by atoms with Gasteiger partial charge in [-0.15, -0.1) is 0 Å². The van der Waals surface area contributed by atoms with Crippen LogP contribution in [0.25, 0.3) is 0 Å². The minimum atomic E-state index is -3.86. The highest BCUT2D eigenvalue weighted by Gasteiger charge is 2.21. The first-order valence-electron chi connectivity index (χ1n) is 9.21. The second-order valence-corrected chi connectivity index (χ2v) is 9.21. The maximum atomic E-state index is 12.7. The maximum Gasteiger partial charge on any atom is 0.267 e. The largest absolute Gasteiger partial charge is 0.497 e. The number of nitrogens with zero attached hydrogens (tertiary/aromatic N) is 1. The summed E-state index contributed by atoms with van der Waals surface area (Å²) in [5.74, 6) is 1.31. The van der Waals surface area contributed by atoms with E-state index in [2.05, 4.69) is 15.0 Å². The van der Waals surface area contributed by atoms with Gasteiger partial charge in [0.05, 0.1) is 17.7 Å². The molecule has 2 aromatic carbocycles. The number of carbonyl (C=O) groups excluding carboxylic acids is 1. The quantitative estimate of drug-likeness (QED) is 0.579. The molecule has 1 amide bonds. The van der Waals surface area contributed by atoms with Crippen molar-refractivity contribution in [1.82, 2.24) is 4.98 Å².